The molecular formula is C44H26O. The number of hydrogen-bond donors (Lipinski definition) is 0. The fourth-order valence-electron chi connectivity index (χ4n) is 7.38. The highest BCUT2D eigenvalue weighted by atomic mass is 16.3. The minimum atomic E-state index is -0.392. The lowest BCUT2D eigenvalue weighted by molar-refractivity contribution is 0.670. The first-order chi connectivity index (χ1) is 24.4. The predicted molar refractivity (Wildman–Crippen MR) is 191 cm³/mol. The molecule has 1 nitrogen and oxygen atoms in total. The van der Waals surface area contributed by atoms with Gasteiger partial charge in [-0.15, -0.1) is 0 Å². The Morgan fingerprint density at radius 3 is 1.82 bits per heavy atom. The van der Waals surface area contributed by atoms with Crippen molar-refractivity contribution in [3.63, 3.8) is 0 Å². The zero-order valence-electron chi connectivity index (χ0n) is 29.0. The molecule has 0 bridgehead atoms. The second kappa shape index (κ2) is 9.29. The number of para-hydroxylation sites is 1. The van der Waals surface area contributed by atoms with Crippen LogP contribution in [0, 0.1) is 0 Å². The summed E-state index contributed by atoms with van der Waals surface area (Å²) in [6.45, 7) is 0. The minimum absolute atomic E-state index is 0.201. The highest BCUT2D eigenvalue weighted by Crippen LogP contribution is 2.46. The summed E-state index contributed by atoms with van der Waals surface area (Å²) in [5, 5.41) is 10.6. The first-order valence-electron chi connectivity index (χ1n) is 17.6. The summed E-state index contributed by atoms with van der Waals surface area (Å²) < 4.78 is 48.9. The Morgan fingerprint density at radius 2 is 0.978 bits per heavy atom. The van der Waals surface area contributed by atoms with Crippen molar-refractivity contribution in [2.45, 2.75) is 0 Å². The molecule has 208 valence electrons. The Balaban J connectivity index is 1.25. The minimum Gasteiger partial charge on any atom is -0.455 e. The Kier molecular flexibility index (Phi) is 4.15. The lowest BCUT2D eigenvalue weighted by atomic mass is 9.86. The lowest BCUT2D eigenvalue weighted by Gasteiger charge is -2.17. The van der Waals surface area contributed by atoms with Crippen LogP contribution in [0.25, 0.3) is 98.4 Å². The molecule has 10 aromatic rings. The van der Waals surface area contributed by atoms with Crippen LogP contribution in [0.5, 0.6) is 0 Å². The first-order valence-corrected chi connectivity index (χ1v) is 15.1. The van der Waals surface area contributed by atoms with Gasteiger partial charge in [0.2, 0.25) is 0 Å². The third kappa shape index (κ3) is 3.50. The van der Waals surface area contributed by atoms with Gasteiger partial charge >= 0.3 is 0 Å². The molecule has 0 N–H and O–H groups in total. The maximum atomic E-state index is 8.71. The molecule has 1 heteroatoms. The Hall–Kier alpha value is -5.92. The van der Waals surface area contributed by atoms with Crippen LogP contribution in [0.4, 0.5) is 0 Å². The van der Waals surface area contributed by atoms with Crippen LogP contribution in [-0.4, -0.2) is 0 Å². The molecule has 0 aliphatic heterocycles. The van der Waals surface area contributed by atoms with E-state index in [0.29, 0.717) is 5.56 Å². The summed E-state index contributed by atoms with van der Waals surface area (Å²) in [7, 11) is 0. The van der Waals surface area contributed by atoms with Crippen LogP contribution in [-0.2, 0) is 0 Å². The smallest absolute Gasteiger partial charge is 0.143 e. The van der Waals surface area contributed by atoms with E-state index in [0.717, 1.165) is 76.5 Å². The highest BCUT2D eigenvalue weighted by molar-refractivity contribution is 6.29. The van der Waals surface area contributed by atoms with Gasteiger partial charge in [0.25, 0.3) is 0 Å². The fraction of sp³-hybridized carbons (Fsp3) is 0. The van der Waals surface area contributed by atoms with E-state index in [-0.39, 0.29) is 29.7 Å². The van der Waals surface area contributed by atoms with Crippen molar-refractivity contribution >= 4 is 65.0 Å². The molecule has 0 unspecified atom stereocenters. The van der Waals surface area contributed by atoms with Gasteiger partial charge in [0.15, 0.2) is 0 Å². The summed E-state index contributed by atoms with van der Waals surface area (Å²) in [5.74, 6) is 0. The first kappa shape index (κ1) is 20.1. The third-order valence-corrected chi connectivity index (χ3v) is 9.33. The van der Waals surface area contributed by atoms with Crippen LogP contribution in [0.15, 0.2) is 162 Å². The quantitative estimate of drug-likeness (QED) is 0.191. The topological polar surface area (TPSA) is 13.1 Å². The number of hydrogen-bond acceptors (Lipinski definition) is 1. The van der Waals surface area contributed by atoms with Gasteiger partial charge in [-0.3, -0.25) is 0 Å². The molecule has 0 aliphatic rings. The monoisotopic (exact) mass is 575 g/mol. The van der Waals surface area contributed by atoms with Crippen LogP contribution in [0.2, 0.25) is 0 Å². The van der Waals surface area contributed by atoms with Gasteiger partial charge in [-0.2, -0.15) is 0 Å². The maximum Gasteiger partial charge on any atom is 0.143 e. The third-order valence-electron chi connectivity index (χ3n) is 9.33. The van der Waals surface area contributed by atoms with Crippen LogP contribution >= 0.6 is 0 Å². The van der Waals surface area contributed by atoms with Crippen molar-refractivity contribution in [2.24, 2.45) is 0 Å². The van der Waals surface area contributed by atoms with E-state index in [1.807, 2.05) is 30.3 Å². The van der Waals surface area contributed by atoms with E-state index in [9.17, 15) is 0 Å². The Labute approximate surface area is 266 Å². The number of rotatable bonds is 3. The maximum absolute atomic E-state index is 8.71. The lowest BCUT2D eigenvalue weighted by Crippen LogP contribution is -1.89. The molecule has 0 saturated carbocycles. The zero-order valence-corrected chi connectivity index (χ0v) is 24.0. The van der Waals surface area contributed by atoms with Crippen molar-refractivity contribution < 1.29 is 11.3 Å². The predicted octanol–water partition coefficient (Wildman–Crippen LogP) is 12.6. The van der Waals surface area contributed by atoms with Crippen molar-refractivity contribution in [1.29, 1.82) is 0 Å². The van der Waals surface area contributed by atoms with E-state index >= 15 is 0 Å². The van der Waals surface area contributed by atoms with Gasteiger partial charge in [-0.1, -0.05) is 152 Å². The second-order valence-corrected chi connectivity index (χ2v) is 11.6. The van der Waals surface area contributed by atoms with E-state index in [1.165, 1.54) is 10.8 Å². The molecule has 0 amide bonds. The second-order valence-electron chi connectivity index (χ2n) is 11.6. The van der Waals surface area contributed by atoms with Gasteiger partial charge < -0.3 is 4.42 Å². The van der Waals surface area contributed by atoms with Gasteiger partial charge in [0.05, 0.1) is 6.85 Å². The normalized spacial score (nSPS) is 13.6. The van der Waals surface area contributed by atoms with Crippen molar-refractivity contribution in [2.75, 3.05) is 0 Å². The number of fused-ring (bicyclic) bond motifs is 4. The summed E-state index contributed by atoms with van der Waals surface area (Å²) >= 11 is 0. The average Bonchev–Trinajstić information content (AvgIpc) is 3.55. The fourth-order valence-corrected chi connectivity index (χ4v) is 7.38. The molecule has 0 aliphatic carbocycles. The van der Waals surface area contributed by atoms with Crippen LogP contribution in [0.3, 0.4) is 0 Å². The molecule has 45 heavy (non-hydrogen) atoms. The largest absolute Gasteiger partial charge is 0.455 e. The molecule has 9 aromatic carbocycles. The SMILES string of the molecule is [2H]c1c([2H])c([2H])c(-c2ccc3ccc4c(-c5cccc6oc7c(-c8cccc9ccccc89)cccc7c56)ccc5ccc2c3c54)c([2H])c1[2H]. The van der Waals surface area contributed by atoms with Crippen LogP contribution < -0.4 is 0 Å². The van der Waals surface area contributed by atoms with E-state index < -0.39 is 6.04 Å². The van der Waals surface area contributed by atoms with Crippen molar-refractivity contribution in [3.8, 4) is 33.4 Å². The van der Waals surface area contributed by atoms with Gasteiger partial charge in [0.1, 0.15) is 11.2 Å². The molecule has 1 heterocycles. The van der Waals surface area contributed by atoms with E-state index in [4.69, 9.17) is 11.3 Å². The molecule has 0 atom stereocenters. The van der Waals surface area contributed by atoms with Crippen LogP contribution in [0.1, 0.15) is 6.85 Å². The highest BCUT2D eigenvalue weighted by Gasteiger charge is 2.20. The van der Waals surface area contributed by atoms with E-state index in [1.54, 1.807) is 0 Å². The summed E-state index contributed by atoms with van der Waals surface area (Å²) in [6.07, 6.45) is 0. The Morgan fingerprint density at radius 1 is 0.378 bits per heavy atom. The zero-order chi connectivity index (χ0) is 33.8. The molecule has 0 spiro atoms. The Bertz CT molecular complexity index is 3010. The summed E-state index contributed by atoms with van der Waals surface area (Å²) in [6, 6.07) is 42.5. The summed E-state index contributed by atoms with van der Waals surface area (Å²) in [4.78, 5) is 0. The molecule has 0 saturated heterocycles. The number of benzene rings is 9. The van der Waals surface area contributed by atoms with E-state index in [2.05, 4.69) is 97.1 Å². The molecule has 1 aromatic heterocycles. The molecule has 0 radical (unpaired) electrons. The molecular weight excluding hydrogens is 544 g/mol. The summed E-state index contributed by atoms with van der Waals surface area (Å²) in [5.41, 5.74) is 6.84. The van der Waals surface area contributed by atoms with Gasteiger partial charge in [0, 0.05) is 16.3 Å². The molecule has 10 rings (SSSR count). The average molecular weight is 576 g/mol. The van der Waals surface area contributed by atoms with Gasteiger partial charge in [-0.25, -0.2) is 0 Å². The van der Waals surface area contributed by atoms with Crippen molar-refractivity contribution in [3.05, 3.63) is 158 Å². The van der Waals surface area contributed by atoms with Gasteiger partial charge in [-0.05, 0) is 77.0 Å². The van der Waals surface area contributed by atoms with Crippen molar-refractivity contribution in [1.82, 2.24) is 0 Å². The standard InChI is InChI=1S/C44H26O/c1-2-9-27(10-3-1)32-23-19-29-22-26-37-34(24-20-30-21-25-36(32)41(29)42(30)37)35-15-8-18-40-43(35)39-17-7-16-38(44(39)45-40)33-14-6-12-28-11-4-5-13-31(28)33/h1-26H/i1D,2D,3D,9D,10D. The molecule has 0 fully saturated rings. The number of furan rings is 1.